The van der Waals surface area contributed by atoms with Gasteiger partial charge >= 0.3 is 0 Å². The van der Waals surface area contributed by atoms with Crippen LogP contribution < -0.4 is 10.9 Å². The molecule has 0 aromatic heterocycles. The number of carbonyl (C=O) groups excluding carboxylic acids is 2. The van der Waals surface area contributed by atoms with Gasteiger partial charge in [0.05, 0.1) is 6.04 Å². The maximum Gasteiger partial charge on any atom is 0.240 e. The molecule has 0 radical (unpaired) electrons. The van der Waals surface area contributed by atoms with Crippen LogP contribution in [0, 0.1) is 5.92 Å². The standard InChI is InChI=1S/C20H30N4O3/c1-20(2,3)24-12-13(9-18(24)26)11-23(4)19(27)16-10-15(21-22-16)14-7-5-6-8-17(14)25/h5-8,13,15-16,21-22,25H,9-12H2,1-4H3. The maximum atomic E-state index is 12.8. The van der Waals surface area contributed by atoms with Crippen molar-refractivity contribution in [1.82, 2.24) is 20.7 Å². The molecule has 148 valence electrons. The van der Waals surface area contributed by atoms with Crippen LogP contribution in [0.1, 0.15) is 45.2 Å². The van der Waals surface area contributed by atoms with Crippen molar-refractivity contribution in [1.29, 1.82) is 0 Å². The zero-order valence-corrected chi connectivity index (χ0v) is 16.5. The van der Waals surface area contributed by atoms with E-state index in [2.05, 4.69) is 10.9 Å². The average molecular weight is 374 g/mol. The van der Waals surface area contributed by atoms with Gasteiger partial charge in [-0.3, -0.25) is 9.59 Å². The van der Waals surface area contributed by atoms with E-state index in [1.54, 1.807) is 24.1 Å². The Hall–Kier alpha value is -2.12. The van der Waals surface area contributed by atoms with Gasteiger partial charge in [0.15, 0.2) is 0 Å². The number of hydrazine groups is 1. The molecule has 2 aliphatic rings. The Labute approximate surface area is 160 Å². The Morgan fingerprint density at radius 3 is 2.63 bits per heavy atom. The summed E-state index contributed by atoms with van der Waals surface area (Å²) >= 11 is 0. The van der Waals surface area contributed by atoms with Gasteiger partial charge < -0.3 is 14.9 Å². The molecule has 7 nitrogen and oxygen atoms in total. The van der Waals surface area contributed by atoms with E-state index in [4.69, 9.17) is 0 Å². The molecular weight excluding hydrogens is 344 g/mol. The zero-order valence-electron chi connectivity index (χ0n) is 16.5. The van der Waals surface area contributed by atoms with Crippen LogP contribution in [0.4, 0.5) is 0 Å². The number of phenolic OH excluding ortho intramolecular Hbond substituents is 1. The molecule has 7 heteroatoms. The summed E-state index contributed by atoms with van der Waals surface area (Å²) < 4.78 is 0. The molecule has 3 N–H and O–H groups in total. The fourth-order valence-electron chi connectivity index (χ4n) is 4.00. The lowest BCUT2D eigenvalue weighted by Crippen LogP contribution is -2.46. The topological polar surface area (TPSA) is 84.9 Å². The molecule has 0 spiro atoms. The molecule has 27 heavy (non-hydrogen) atoms. The van der Waals surface area contributed by atoms with Gasteiger partial charge in [0.2, 0.25) is 11.8 Å². The smallest absolute Gasteiger partial charge is 0.240 e. The van der Waals surface area contributed by atoms with Crippen molar-refractivity contribution in [3.63, 3.8) is 0 Å². The second-order valence-electron chi connectivity index (χ2n) is 8.65. The highest BCUT2D eigenvalue weighted by atomic mass is 16.3. The van der Waals surface area contributed by atoms with Gasteiger partial charge in [0.1, 0.15) is 11.8 Å². The number of nitrogens with one attached hydrogen (secondary N) is 2. The minimum absolute atomic E-state index is 0.00192. The molecule has 1 aromatic rings. The van der Waals surface area contributed by atoms with Gasteiger partial charge in [-0.2, -0.15) is 0 Å². The zero-order chi connectivity index (χ0) is 19.8. The van der Waals surface area contributed by atoms with E-state index in [1.807, 2.05) is 37.8 Å². The summed E-state index contributed by atoms with van der Waals surface area (Å²) in [5.74, 6) is 0.551. The molecule has 1 aromatic carbocycles. The molecule has 2 saturated heterocycles. The summed E-state index contributed by atoms with van der Waals surface area (Å²) in [6, 6.07) is 6.69. The monoisotopic (exact) mass is 374 g/mol. The fourth-order valence-corrected chi connectivity index (χ4v) is 4.00. The van der Waals surface area contributed by atoms with Crippen molar-refractivity contribution in [2.45, 2.75) is 51.2 Å². The largest absolute Gasteiger partial charge is 0.508 e. The molecule has 3 rings (SSSR count). The lowest BCUT2D eigenvalue weighted by molar-refractivity contribution is -0.133. The second kappa shape index (κ2) is 7.48. The number of benzene rings is 1. The number of rotatable bonds is 4. The maximum absolute atomic E-state index is 12.8. The molecule has 3 unspecified atom stereocenters. The first-order valence-corrected chi connectivity index (χ1v) is 9.51. The van der Waals surface area contributed by atoms with E-state index in [0.29, 0.717) is 25.9 Å². The highest BCUT2D eigenvalue weighted by Gasteiger charge is 2.38. The Bertz CT molecular complexity index is 715. The summed E-state index contributed by atoms with van der Waals surface area (Å²) in [4.78, 5) is 28.7. The van der Waals surface area contributed by atoms with E-state index in [1.165, 1.54) is 0 Å². The Balaban J connectivity index is 1.56. The number of phenols is 1. The van der Waals surface area contributed by atoms with Crippen molar-refractivity contribution in [2.24, 2.45) is 5.92 Å². The van der Waals surface area contributed by atoms with E-state index in [9.17, 15) is 14.7 Å². The second-order valence-corrected chi connectivity index (χ2v) is 8.65. The van der Waals surface area contributed by atoms with Crippen molar-refractivity contribution in [3.05, 3.63) is 29.8 Å². The molecule has 2 heterocycles. The van der Waals surface area contributed by atoms with Crippen LogP contribution in [0.5, 0.6) is 5.75 Å². The van der Waals surface area contributed by atoms with Crippen LogP contribution in [-0.2, 0) is 9.59 Å². The molecule has 2 aliphatic heterocycles. The molecule has 3 atom stereocenters. The van der Waals surface area contributed by atoms with Gasteiger partial charge in [-0.15, -0.1) is 0 Å². The first-order valence-electron chi connectivity index (χ1n) is 9.51. The normalized spacial score (nSPS) is 25.9. The van der Waals surface area contributed by atoms with Crippen molar-refractivity contribution < 1.29 is 14.7 Å². The number of nitrogens with zero attached hydrogens (tertiary/aromatic N) is 2. The third-order valence-electron chi connectivity index (χ3n) is 5.44. The first-order chi connectivity index (χ1) is 12.7. The number of hydrogen-bond acceptors (Lipinski definition) is 5. The number of carbonyl (C=O) groups is 2. The average Bonchev–Trinajstić information content (AvgIpc) is 3.21. The van der Waals surface area contributed by atoms with Crippen LogP contribution in [0.3, 0.4) is 0 Å². The van der Waals surface area contributed by atoms with E-state index < -0.39 is 0 Å². The SMILES string of the molecule is CN(CC1CC(=O)N(C(C)(C)C)C1)C(=O)C1CC(c2ccccc2O)NN1. The molecule has 2 fully saturated rings. The molecule has 0 aliphatic carbocycles. The summed E-state index contributed by atoms with van der Waals surface area (Å²) in [5, 5.41) is 10.0. The van der Waals surface area contributed by atoms with E-state index >= 15 is 0 Å². The quantitative estimate of drug-likeness (QED) is 0.742. The van der Waals surface area contributed by atoms with Crippen LogP contribution in [-0.4, -0.2) is 58.4 Å². The Kier molecular flexibility index (Phi) is 5.44. The van der Waals surface area contributed by atoms with Gasteiger partial charge in [-0.25, -0.2) is 10.9 Å². The van der Waals surface area contributed by atoms with E-state index in [0.717, 1.165) is 5.56 Å². The minimum atomic E-state index is -0.351. The predicted octanol–water partition coefficient (Wildman–Crippen LogP) is 1.41. The summed E-state index contributed by atoms with van der Waals surface area (Å²) in [6.07, 6.45) is 1.06. The van der Waals surface area contributed by atoms with Crippen LogP contribution in [0.25, 0.3) is 0 Å². The lowest BCUT2D eigenvalue weighted by Gasteiger charge is -2.32. The van der Waals surface area contributed by atoms with Gasteiger partial charge in [0.25, 0.3) is 0 Å². The van der Waals surface area contributed by atoms with Crippen molar-refractivity contribution >= 4 is 11.8 Å². The lowest BCUT2D eigenvalue weighted by atomic mass is 10.0. The van der Waals surface area contributed by atoms with Gasteiger partial charge in [-0.05, 0) is 33.3 Å². The molecule has 0 saturated carbocycles. The van der Waals surface area contributed by atoms with Crippen LogP contribution in [0.15, 0.2) is 24.3 Å². The van der Waals surface area contributed by atoms with Crippen LogP contribution in [0.2, 0.25) is 0 Å². The van der Waals surface area contributed by atoms with Crippen molar-refractivity contribution in [3.8, 4) is 5.75 Å². The Morgan fingerprint density at radius 1 is 1.30 bits per heavy atom. The molecule has 0 bridgehead atoms. The number of likely N-dealkylation sites (N-methyl/N-ethyl adjacent to an activating group) is 1. The first kappa shape index (κ1) is 19.6. The summed E-state index contributed by atoms with van der Waals surface area (Å²) in [6.45, 7) is 7.37. The molecular formula is C20H30N4O3. The van der Waals surface area contributed by atoms with Gasteiger partial charge in [0, 0.05) is 43.6 Å². The number of hydrogen-bond donors (Lipinski definition) is 3. The number of likely N-dealkylation sites (tertiary alicyclic amines) is 1. The number of aromatic hydroxyl groups is 1. The van der Waals surface area contributed by atoms with Crippen molar-refractivity contribution in [2.75, 3.05) is 20.1 Å². The van der Waals surface area contributed by atoms with E-state index in [-0.39, 0.29) is 41.1 Å². The van der Waals surface area contributed by atoms with Crippen LogP contribution >= 0.6 is 0 Å². The minimum Gasteiger partial charge on any atom is -0.508 e. The third kappa shape index (κ3) is 4.25. The summed E-state index contributed by atoms with van der Waals surface area (Å²) in [7, 11) is 1.79. The summed E-state index contributed by atoms with van der Waals surface area (Å²) in [5.41, 5.74) is 6.76. The number of amides is 2. The fraction of sp³-hybridized carbons (Fsp3) is 0.600. The third-order valence-corrected chi connectivity index (χ3v) is 5.44. The van der Waals surface area contributed by atoms with Gasteiger partial charge in [-0.1, -0.05) is 18.2 Å². The number of para-hydroxylation sites is 1. The predicted molar refractivity (Wildman–Crippen MR) is 103 cm³/mol. The highest BCUT2D eigenvalue weighted by Crippen LogP contribution is 2.30. The Morgan fingerprint density at radius 2 is 2.00 bits per heavy atom. The molecule has 2 amide bonds. The highest BCUT2D eigenvalue weighted by molar-refractivity contribution is 5.82.